The van der Waals surface area contributed by atoms with Crippen LogP contribution in [0.1, 0.15) is 57.8 Å². The van der Waals surface area contributed by atoms with E-state index in [2.05, 4.69) is 0 Å². The van der Waals surface area contributed by atoms with Crippen LogP contribution in [0.5, 0.6) is 0 Å². The lowest BCUT2D eigenvalue weighted by Crippen LogP contribution is -2.41. The van der Waals surface area contributed by atoms with E-state index in [4.69, 9.17) is 9.57 Å². The van der Waals surface area contributed by atoms with Crippen molar-refractivity contribution in [2.24, 2.45) is 23.7 Å². The summed E-state index contributed by atoms with van der Waals surface area (Å²) in [7, 11) is 0. The van der Waals surface area contributed by atoms with Gasteiger partial charge in [0.2, 0.25) is 0 Å². The fourth-order valence-electron chi connectivity index (χ4n) is 4.53. The van der Waals surface area contributed by atoms with E-state index in [1.807, 2.05) is 5.06 Å². The van der Waals surface area contributed by atoms with E-state index in [1.54, 1.807) is 0 Å². The van der Waals surface area contributed by atoms with E-state index in [-0.39, 0.29) is 12.2 Å². The number of nitrogens with zero attached hydrogens (tertiary/aromatic N) is 1. The number of carbonyl (C=O) groups is 1. The van der Waals surface area contributed by atoms with Crippen molar-refractivity contribution in [3.05, 3.63) is 0 Å². The Morgan fingerprint density at radius 1 is 1.13 bits per heavy atom. The molecule has 0 radical (unpaired) electrons. The molecule has 130 valence electrons. The molecule has 0 aromatic carbocycles. The van der Waals surface area contributed by atoms with Gasteiger partial charge in [0.15, 0.2) is 6.29 Å². The number of rotatable bonds is 8. The zero-order chi connectivity index (χ0) is 15.8. The summed E-state index contributed by atoms with van der Waals surface area (Å²) in [6.07, 6.45) is 10.0. The minimum Gasteiger partial charge on any atom is -0.481 e. The predicted molar refractivity (Wildman–Crippen MR) is 84.5 cm³/mol. The highest BCUT2D eigenvalue weighted by molar-refractivity contribution is 5.70. The number of hydrogen-bond donors (Lipinski definition) is 1. The first-order chi connectivity index (χ1) is 11.2. The third-order valence-electron chi connectivity index (χ3n) is 6.44. The normalized spacial score (nSPS) is 37.6. The Kier molecular flexibility index (Phi) is 4.61. The third-order valence-corrected chi connectivity index (χ3v) is 6.44. The Bertz CT molecular complexity index is 423. The van der Waals surface area contributed by atoms with E-state index in [0.29, 0.717) is 18.5 Å². The molecule has 5 heteroatoms. The minimum atomic E-state index is -0.664. The molecule has 4 fully saturated rings. The zero-order valence-corrected chi connectivity index (χ0v) is 13.9. The molecule has 4 rings (SSSR count). The molecule has 3 aliphatic carbocycles. The average molecular weight is 323 g/mol. The van der Waals surface area contributed by atoms with Crippen LogP contribution >= 0.6 is 0 Å². The number of carboxylic acids is 1. The summed E-state index contributed by atoms with van der Waals surface area (Å²) < 4.78 is 5.72. The Labute approximate surface area is 138 Å². The predicted octanol–water partition coefficient (Wildman–Crippen LogP) is 3.05. The summed E-state index contributed by atoms with van der Waals surface area (Å²) in [6.45, 7) is 1.30. The Balaban J connectivity index is 1.37. The van der Waals surface area contributed by atoms with E-state index in [9.17, 15) is 9.90 Å². The second kappa shape index (κ2) is 6.69. The molecule has 5 nitrogen and oxygen atoms in total. The van der Waals surface area contributed by atoms with Crippen molar-refractivity contribution in [3.63, 3.8) is 0 Å². The van der Waals surface area contributed by atoms with Gasteiger partial charge in [-0.1, -0.05) is 19.3 Å². The van der Waals surface area contributed by atoms with Crippen LogP contribution in [-0.2, 0) is 14.4 Å². The van der Waals surface area contributed by atoms with E-state index in [0.717, 1.165) is 44.1 Å². The van der Waals surface area contributed by atoms with Gasteiger partial charge in [0, 0.05) is 25.6 Å². The lowest BCUT2D eigenvalue weighted by atomic mass is 9.79. The van der Waals surface area contributed by atoms with Crippen molar-refractivity contribution < 1.29 is 19.5 Å². The van der Waals surface area contributed by atoms with E-state index >= 15 is 0 Å². The molecule has 4 atom stereocenters. The molecule has 3 saturated carbocycles. The topological polar surface area (TPSA) is 59.0 Å². The van der Waals surface area contributed by atoms with Gasteiger partial charge in [0.25, 0.3) is 0 Å². The summed E-state index contributed by atoms with van der Waals surface area (Å²) in [4.78, 5) is 17.9. The van der Waals surface area contributed by atoms with Gasteiger partial charge < -0.3 is 9.84 Å². The first-order valence-corrected chi connectivity index (χ1v) is 9.50. The molecule has 23 heavy (non-hydrogen) atoms. The summed E-state index contributed by atoms with van der Waals surface area (Å²) >= 11 is 0. The maximum absolute atomic E-state index is 11.7. The second-order valence-electron chi connectivity index (χ2n) is 7.96. The summed E-state index contributed by atoms with van der Waals surface area (Å²) in [5, 5.41) is 11.7. The number of fused-ring (bicyclic) bond motifs is 1. The highest BCUT2D eigenvalue weighted by Crippen LogP contribution is 2.58. The summed E-state index contributed by atoms with van der Waals surface area (Å²) in [5.74, 6) is 1.14. The lowest BCUT2D eigenvalue weighted by Gasteiger charge is -2.33. The number of hydroxylamine groups is 2. The fraction of sp³-hybridized carbons (Fsp3) is 0.944. The number of hydrogen-bond acceptors (Lipinski definition) is 4. The van der Waals surface area contributed by atoms with Crippen molar-refractivity contribution in [3.8, 4) is 0 Å². The molecule has 0 bridgehead atoms. The van der Waals surface area contributed by atoms with Crippen LogP contribution in [0.2, 0.25) is 0 Å². The highest BCUT2D eigenvalue weighted by Gasteiger charge is 2.60. The SMILES string of the molecule is O=C(O)[C@H](CC1CCC1)CN(OC1CCCCO1)C1C2CCC21. The molecule has 1 N–H and O–H groups in total. The van der Waals surface area contributed by atoms with Crippen molar-refractivity contribution in [2.75, 3.05) is 13.2 Å². The van der Waals surface area contributed by atoms with Gasteiger partial charge in [-0.15, -0.1) is 0 Å². The maximum Gasteiger partial charge on any atom is 0.307 e. The fourth-order valence-corrected chi connectivity index (χ4v) is 4.53. The van der Waals surface area contributed by atoms with Gasteiger partial charge in [0.1, 0.15) is 0 Å². The molecular weight excluding hydrogens is 294 g/mol. The number of ether oxygens (including phenoxy) is 1. The second-order valence-corrected chi connectivity index (χ2v) is 7.96. The van der Waals surface area contributed by atoms with Gasteiger partial charge in [-0.25, -0.2) is 0 Å². The van der Waals surface area contributed by atoms with Crippen LogP contribution in [-0.4, -0.2) is 41.6 Å². The van der Waals surface area contributed by atoms with Gasteiger partial charge >= 0.3 is 5.97 Å². The van der Waals surface area contributed by atoms with Crippen LogP contribution in [0.25, 0.3) is 0 Å². The van der Waals surface area contributed by atoms with E-state index < -0.39 is 5.97 Å². The standard InChI is InChI=1S/C18H29NO4/c20-18(21)13(10-12-4-3-5-12)11-19(17-14-7-8-15(14)17)23-16-6-1-2-9-22-16/h12-17H,1-11H2,(H,20,21)/t13-,14?,15?,16?,17?/m1/s1. The molecule has 1 saturated heterocycles. The van der Waals surface area contributed by atoms with Crippen LogP contribution in [0.15, 0.2) is 0 Å². The first kappa shape index (κ1) is 15.9. The molecule has 3 unspecified atom stereocenters. The van der Waals surface area contributed by atoms with Crippen molar-refractivity contribution in [1.82, 2.24) is 5.06 Å². The molecule has 1 aliphatic heterocycles. The summed E-state index contributed by atoms with van der Waals surface area (Å²) in [5.41, 5.74) is 0. The third kappa shape index (κ3) is 3.42. The van der Waals surface area contributed by atoms with Gasteiger partial charge in [-0.2, -0.15) is 5.06 Å². The molecule has 0 aromatic rings. The van der Waals surface area contributed by atoms with Crippen molar-refractivity contribution in [2.45, 2.75) is 70.1 Å². The Morgan fingerprint density at radius 3 is 2.43 bits per heavy atom. The van der Waals surface area contributed by atoms with Crippen LogP contribution in [0, 0.1) is 23.7 Å². The largest absolute Gasteiger partial charge is 0.481 e. The molecule has 4 aliphatic rings. The van der Waals surface area contributed by atoms with Crippen molar-refractivity contribution >= 4 is 5.97 Å². The van der Waals surface area contributed by atoms with Crippen LogP contribution in [0.4, 0.5) is 0 Å². The number of carboxylic acid groups (broad SMARTS) is 1. The van der Waals surface area contributed by atoms with Crippen LogP contribution < -0.4 is 0 Å². The molecular formula is C18H29NO4. The molecule has 0 amide bonds. The smallest absolute Gasteiger partial charge is 0.307 e. The lowest BCUT2D eigenvalue weighted by molar-refractivity contribution is -0.299. The average Bonchev–Trinajstić information content (AvgIpc) is 3.01. The molecule has 1 heterocycles. The zero-order valence-electron chi connectivity index (χ0n) is 13.9. The first-order valence-electron chi connectivity index (χ1n) is 9.50. The Hall–Kier alpha value is -0.650. The number of aliphatic carboxylic acids is 1. The monoisotopic (exact) mass is 323 g/mol. The van der Waals surface area contributed by atoms with Crippen LogP contribution in [0.3, 0.4) is 0 Å². The van der Waals surface area contributed by atoms with Gasteiger partial charge in [-0.05, 0) is 49.9 Å². The van der Waals surface area contributed by atoms with E-state index in [1.165, 1.54) is 32.1 Å². The van der Waals surface area contributed by atoms with Gasteiger partial charge in [0.05, 0.1) is 5.92 Å². The summed E-state index contributed by atoms with van der Waals surface area (Å²) in [6, 6.07) is 0.448. The quantitative estimate of drug-likeness (QED) is 0.696. The maximum atomic E-state index is 11.7. The Morgan fingerprint density at radius 2 is 1.91 bits per heavy atom. The van der Waals surface area contributed by atoms with Gasteiger partial charge in [-0.3, -0.25) is 9.63 Å². The highest BCUT2D eigenvalue weighted by atomic mass is 16.8. The van der Waals surface area contributed by atoms with Crippen molar-refractivity contribution in [1.29, 1.82) is 0 Å². The minimum absolute atomic E-state index is 0.165. The molecule has 0 spiro atoms. The molecule has 0 aromatic heterocycles.